The molecule has 18 heavy (non-hydrogen) atoms. The Balaban J connectivity index is 2.32. The molecule has 0 spiro atoms. The van der Waals surface area contributed by atoms with Crippen LogP contribution in [0.5, 0.6) is 0 Å². The first kappa shape index (κ1) is 12.0. The van der Waals surface area contributed by atoms with Gasteiger partial charge < -0.3 is 10.3 Å². The van der Waals surface area contributed by atoms with Crippen LogP contribution in [0.15, 0.2) is 41.7 Å². The van der Waals surface area contributed by atoms with Gasteiger partial charge in [0.05, 0.1) is 6.33 Å². The van der Waals surface area contributed by atoms with Crippen molar-refractivity contribution < 1.29 is 4.79 Å². The van der Waals surface area contributed by atoms with Gasteiger partial charge in [0.25, 0.3) is 5.91 Å². The molecule has 2 N–H and O–H groups in total. The Labute approximate surface area is 105 Å². The van der Waals surface area contributed by atoms with Crippen molar-refractivity contribution in [1.82, 2.24) is 9.55 Å². The Morgan fingerprint density at radius 2 is 2.17 bits per heavy atom. The zero-order chi connectivity index (χ0) is 13.0. The minimum Gasteiger partial charge on any atom is -0.364 e. The van der Waals surface area contributed by atoms with Gasteiger partial charge in [0, 0.05) is 12.8 Å². The molecule has 0 aliphatic carbocycles. The highest BCUT2D eigenvalue weighted by molar-refractivity contribution is 5.96. The van der Waals surface area contributed by atoms with Crippen LogP contribution < -0.4 is 5.73 Å². The maximum Gasteiger partial charge on any atom is 0.269 e. The minimum atomic E-state index is -0.519. The van der Waals surface area contributed by atoms with Crippen LogP contribution >= 0.6 is 0 Å². The molecule has 0 unspecified atom stereocenters. The number of nitrogens with zero attached hydrogens (tertiary/aromatic N) is 3. The lowest BCUT2D eigenvalue weighted by atomic mass is 10.2. The molecule has 0 saturated carbocycles. The van der Waals surface area contributed by atoms with E-state index in [0.29, 0.717) is 18.1 Å². The zero-order valence-corrected chi connectivity index (χ0v) is 10.1. The third kappa shape index (κ3) is 2.45. The van der Waals surface area contributed by atoms with Crippen LogP contribution in [0.3, 0.4) is 0 Å². The highest BCUT2D eigenvalue weighted by atomic mass is 16.1. The van der Waals surface area contributed by atoms with E-state index >= 15 is 0 Å². The number of aryl methyl sites for hydroxylation is 1. The molecule has 2 aromatic rings. The summed E-state index contributed by atoms with van der Waals surface area (Å²) in [5, 5.41) is 0. The van der Waals surface area contributed by atoms with E-state index in [1.165, 1.54) is 0 Å². The van der Waals surface area contributed by atoms with Crippen LogP contribution in [-0.4, -0.2) is 21.7 Å². The smallest absolute Gasteiger partial charge is 0.269 e. The summed E-state index contributed by atoms with van der Waals surface area (Å²) >= 11 is 0. The van der Waals surface area contributed by atoms with E-state index in [4.69, 9.17) is 5.73 Å². The van der Waals surface area contributed by atoms with Gasteiger partial charge in [0.15, 0.2) is 11.5 Å². The minimum absolute atomic E-state index is 0.338. The second-order valence-electron chi connectivity index (χ2n) is 3.74. The summed E-state index contributed by atoms with van der Waals surface area (Å²) in [6.07, 6.45) is 3.23. The fourth-order valence-corrected chi connectivity index (χ4v) is 1.63. The third-order valence-corrected chi connectivity index (χ3v) is 2.53. The van der Waals surface area contributed by atoms with Crippen LogP contribution in [0.25, 0.3) is 0 Å². The predicted octanol–water partition coefficient (Wildman–Crippen LogP) is 1.75. The van der Waals surface area contributed by atoms with Crippen molar-refractivity contribution in [2.75, 3.05) is 0 Å². The molecule has 0 radical (unpaired) electrons. The van der Waals surface area contributed by atoms with E-state index < -0.39 is 5.91 Å². The van der Waals surface area contributed by atoms with E-state index in [1.54, 1.807) is 17.1 Å². The molecule has 0 aliphatic heterocycles. The van der Waals surface area contributed by atoms with Crippen molar-refractivity contribution >= 4 is 17.9 Å². The predicted molar refractivity (Wildman–Crippen MR) is 70.1 cm³/mol. The van der Waals surface area contributed by atoms with Crippen molar-refractivity contribution in [3.63, 3.8) is 0 Å². The molecule has 1 aromatic carbocycles. The van der Waals surface area contributed by atoms with Gasteiger partial charge in [-0.3, -0.25) is 4.79 Å². The van der Waals surface area contributed by atoms with Crippen molar-refractivity contribution in [1.29, 1.82) is 0 Å². The van der Waals surface area contributed by atoms with Gasteiger partial charge in [-0.25, -0.2) is 9.98 Å². The Kier molecular flexibility index (Phi) is 3.52. The summed E-state index contributed by atoms with van der Waals surface area (Å²) in [4.78, 5) is 19.7. The van der Waals surface area contributed by atoms with E-state index in [-0.39, 0.29) is 0 Å². The second-order valence-corrected chi connectivity index (χ2v) is 3.74. The molecule has 1 aromatic heterocycles. The van der Waals surface area contributed by atoms with E-state index in [9.17, 15) is 4.79 Å². The quantitative estimate of drug-likeness (QED) is 0.829. The molecule has 0 atom stereocenters. The molecule has 0 fully saturated rings. The van der Waals surface area contributed by atoms with Gasteiger partial charge in [0.1, 0.15) is 0 Å². The number of carbonyl (C=O) groups is 1. The SMILES string of the molecule is CCn1cnc(/N=C/c2ccccc2)c1C(N)=O. The van der Waals surface area contributed by atoms with Gasteiger partial charge in [-0.1, -0.05) is 30.3 Å². The number of aromatic nitrogens is 2. The topological polar surface area (TPSA) is 73.3 Å². The number of primary amides is 1. The maximum atomic E-state index is 11.4. The fourth-order valence-electron chi connectivity index (χ4n) is 1.63. The lowest BCUT2D eigenvalue weighted by molar-refractivity contribution is 0.0992. The summed E-state index contributed by atoms with van der Waals surface area (Å²) < 4.78 is 1.68. The van der Waals surface area contributed by atoms with E-state index in [2.05, 4.69) is 9.98 Å². The third-order valence-electron chi connectivity index (χ3n) is 2.53. The van der Waals surface area contributed by atoms with Crippen LogP contribution in [0, 0.1) is 0 Å². The molecule has 5 nitrogen and oxygen atoms in total. The normalized spacial score (nSPS) is 10.9. The number of nitrogens with two attached hydrogens (primary N) is 1. The zero-order valence-electron chi connectivity index (χ0n) is 10.1. The van der Waals surface area contributed by atoms with Gasteiger partial charge in [-0.05, 0) is 12.5 Å². The Morgan fingerprint density at radius 1 is 1.44 bits per heavy atom. The number of carbonyl (C=O) groups excluding carboxylic acids is 1. The second kappa shape index (κ2) is 5.27. The van der Waals surface area contributed by atoms with Gasteiger partial charge in [-0.15, -0.1) is 0 Å². The maximum absolute atomic E-state index is 11.4. The first-order valence-electron chi connectivity index (χ1n) is 5.66. The Hall–Kier alpha value is -2.43. The van der Waals surface area contributed by atoms with Crippen LogP contribution in [0.4, 0.5) is 5.82 Å². The first-order chi connectivity index (χ1) is 8.72. The fraction of sp³-hybridized carbons (Fsp3) is 0.154. The molecule has 1 heterocycles. The number of amides is 1. The summed E-state index contributed by atoms with van der Waals surface area (Å²) in [7, 11) is 0. The van der Waals surface area contributed by atoms with Gasteiger partial charge >= 0.3 is 0 Å². The molecular formula is C13H14N4O. The molecule has 92 valence electrons. The van der Waals surface area contributed by atoms with Crippen LogP contribution in [-0.2, 0) is 6.54 Å². The average Bonchev–Trinajstić information content (AvgIpc) is 2.80. The van der Waals surface area contributed by atoms with Crippen LogP contribution in [0.1, 0.15) is 23.0 Å². The molecule has 2 rings (SSSR count). The number of imidazole rings is 1. The number of rotatable bonds is 4. The Morgan fingerprint density at radius 3 is 2.78 bits per heavy atom. The number of benzene rings is 1. The van der Waals surface area contributed by atoms with Crippen molar-refractivity contribution in [3.05, 3.63) is 47.9 Å². The van der Waals surface area contributed by atoms with Crippen molar-refractivity contribution in [2.45, 2.75) is 13.5 Å². The molecule has 1 amide bonds. The molecule has 0 saturated heterocycles. The molecular weight excluding hydrogens is 228 g/mol. The standard InChI is InChI=1S/C13H14N4O/c1-2-17-9-16-13(11(17)12(14)18)15-8-10-6-4-3-5-7-10/h3-9H,2H2,1H3,(H2,14,18)/b15-8+. The monoisotopic (exact) mass is 242 g/mol. The van der Waals surface area contributed by atoms with E-state index in [0.717, 1.165) is 5.56 Å². The molecule has 0 bridgehead atoms. The summed E-state index contributed by atoms with van der Waals surface area (Å²) in [5.74, 6) is -0.164. The average molecular weight is 242 g/mol. The van der Waals surface area contributed by atoms with Gasteiger partial charge in [0.2, 0.25) is 0 Å². The highest BCUT2D eigenvalue weighted by Crippen LogP contribution is 2.16. The largest absolute Gasteiger partial charge is 0.364 e. The first-order valence-corrected chi connectivity index (χ1v) is 5.66. The van der Waals surface area contributed by atoms with Crippen molar-refractivity contribution in [3.8, 4) is 0 Å². The van der Waals surface area contributed by atoms with Crippen LogP contribution in [0.2, 0.25) is 0 Å². The Bertz CT molecular complexity index is 572. The summed E-state index contributed by atoms with van der Waals surface area (Å²) in [5.41, 5.74) is 6.61. The van der Waals surface area contributed by atoms with Gasteiger partial charge in [-0.2, -0.15) is 0 Å². The molecule has 5 heteroatoms. The van der Waals surface area contributed by atoms with E-state index in [1.807, 2.05) is 37.3 Å². The highest BCUT2D eigenvalue weighted by Gasteiger charge is 2.14. The number of hydrogen-bond acceptors (Lipinski definition) is 3. The number of aliphatic imine (C=N–C) groups is 1. The van der Waals surface area contributed by atoms with Crippen molar-refractivity contribution in [2.24, 2.45) is 10.7 Å². The summed E-state index contributed by atoms with van der Waals surface area (Å²) in [6.45, 7) is 2.55. The molecule has 0 aliphatic rings. The number of hydrogen-bond donors (Lipinski definition) is 1. The lowest BCUT2D eigenvalue weighted by Gasteiger charge is -2.00. The summed E-state index contributed by atoms with van der Waals surface area (Å²) in [6, 6.07) is 9.61. The lowest BCUT2D eigenvalue weighted by Crippen LogP contribution is -2.16.